The molecule has 4 atom stereocenters. The first-order valence-corrected chi connectivity index (χ1v) is 10.8. The number of carbonyl (C=O) groups excluding carboxylic acids is 1. The molecule has 1 aliphatic heterocycles. The van der Waals surface area contributed by atoms with Crippen molar-refractivity contribution in [2.75, 3.05) is 17.8 Å². The smallest absolute Gasteiger partial charge is 0.251 e. The van der Waals surface area contributed by atoms with Crippen LogP contribution in [0.1, 0.15) is 39.0 Å². The van der Waals surface area contributed by atoms with Crippen LogP contribution < -0.4 is 5.32 Å². The number of hydrogen-bond acceptors (Lipinski definition) is 4. The SMILES string of the molecule is CC[S@](=O)[C@@H]1CCC[C@@H](N2C(=O)[C@H](CCSC)NC2=S)C1. The van der Waals surface area contributed by atoms with E-state index >= 15 is 0 Å². The number of carbonyl (C=O) groups is 1. The van der Waals surface area contributed by atoms with Crippen molar-refractivity contribution in [2.45, 2.75) is 56.4 Å². The van der Waals surface area contributed by atoms with Crippen LogP contribution in [0.3, 0.4) is 0 Å². The highest BCUT2D eigenvalue weighted by Crippen LogP contribution is 2.29. The fraction of sp³-hybridized carbons (Fsp3) is 0.857. The van der Waals surface area contributed by atoms with Gasteiger partial charge in [0.15, 0.2) is 5.11 Å². The molecule has 21 heavy (non-hydrogen) atoms. The Hall–Kier alpha value is -0.140. The third-order valence-electron chi connectivity index (χ3n) is 4.28. The van der Waals surface area contributed by atoms with Gasteiger partial charge in [-0.05, 0) is 49.9 Å². The standard InChI is InChI=1S/C14H24N2O2S3/c1-3-21(18)11-6-4-5-10(9-11)16-13(17)12(7-8-20-2)15-14(16)19/h10-12H,3-9H2,1-2H3,(H,15,19)/t10-,11-,12+,21+/m1/s1. The number of nitrogens with zero attached hydrogens (tertiary/aromatic N) is 1. The van der Waals surface area contributed by atoms with E-state index in [4.69, 9.17) is 12.2 Å². The number of rotatable bonds is 6. The number of amides is 1. The zero-order chi connectivity index (χ0) is 15.4. The van der Waals surface area contributed by atoms with E-state index in [1.807, 2.05) is 13.2 Å². The fourth-order valence-corrected chi connectivity index (χ4v) is 5.35. The average Bonchev–Trinajstić information content (AvgIpc) is 2.78. The van der Waals surface area contributed by atoms with Crippen LogP contribution in [-0.4, -0.2) is 55.2 Å². The molecule has 0 bridgehead atoms. The molecule has 120 valence electrons. The number of hydrogen-bond donors (Lipinski definition) is 1. The van der Waals surface area contributed by atoms with Gasteiger partial charge in [-0.1, -0.05) is 13.3 Å². The molecule has 2 aliphatic rings. The van der Waals surface area contributed by atoms with Crippen molar-refractivity contribution in [2.24, 2.45) is 0 Å². The van der Waals surface area contributed by atoms with Crippen LogP contribution in [0.2, 0.25) is 0 Å². The minimum absolute atomic E-state index is 0.113. The molecule has 1 amide bonds. The van der Waals surface area contributed by atoms with Crippen molar-refractivity contribution in [1.29, 1.82) is 0 Å². The van der Waals surface area contributed by atoms with Crippen molar-refractivity contribution in [3.05, 3.63) is 0 Å². The number of nitrogens with one attached hydrogen (secondary N) is 1. The normalized spacial score (nSPS) is 31.3. The third-order valence-corrected chi connectivity index (χ3v) is 6.98. The molecule has 0 unspecified atom stereocenters. The summed E-state index contributed by atoms with van der Waals surface area (Å²) in [7, 11) is -0.775. The van der Waals surface area contributed by atoms with Crippen LogP contribution >= 0.6 is 24.0 Å². The number of thiocarbonyl (C=S) groups is 1. The van der Waals surface area contributed by atoms with E-state index < -0.39 is 10.8 Å². The molecule has 1 saturated carbocycles. The van der Waals surface area contributed by atoms with Gasteiger partial charge in [-0.15, -0.1) is 0 Å². The van der Waals surface area contributed by atoms with Crippen molar-refractivity contribution in [1.82, 2.24) is 10.2 Å². The Morgan fingerprint density at radius 3 is 2.90 bits per heavy atom. The van der Waals surface area contributed by atoms with Gasteiger partial charge in [0, 0.05) is 27.8 Å². The Balaban J connectivity index is 2.01. The Morgan fingerprint density at radius 2 is 2.24 bits per heavy atom. The molecule has 4 nitrogen and oxygen atoms in total. The molecule has 1 saturated heterocycles. The molecule has 0 aromatic carbocycles. The van der Waals surface area contributed by atoms with Gasteiger partial charge in [0.1, 0.15) is 6.04 Å². The summed E-state index contributed by atoms with van der Waals surface area (Å²) >= 11 is 7.11. The van der Waals surface area contributed by atoms with Crippen LogP contribution in [0, 0.1) is 0 Å². The van der Waals surface area contributed by atoms with E-state index in [0.29, 0.717) is 10.9 Å². The van der Waals surface area contributed by atoms with E-state index in [1.54, 1.807) is 16.7 Å². The zero-order valence-corrected chi connectivity index (χ0v) is 15.1. The summed E-state index contributed by atoms with van der Waals surface area (Å²) in [5, 5.41) is 3.95. The summed E-state index contributed by atoms with van der Waals surface area (Å²) in [4.78, 5) is 14.3. The van der Waals surface area contributed by atoms with E-state index in [-0.39, 0.29) is 23.2 Å². The second kappa shape index (κ2) is 7.92. The van der Waals surface area contributed by atoms with Gasteiger partial charge in [0.25, 0.3) is 5.91 Å². The average molecular weight is 349 g/mol. The first kappa shape index (κ1) is 17.2. The Labute approximate surface area is 139 Å². The molecule has 1 aliphatic carbocycles. The second-order valence-corrected chi connectivity index (χ2v) is 8.98. The predicted molar refractivity (Wildman–Crippen MR) is 94.1 cm³/mol. The van der Waals surface area contributed by atoms with Crippen molar-refractivity contribution in [3.8, 4) is 0 Å². The van der Waals surface area contributed by atoms with Crippen LogP contribution in [0.25, 0.3) is 0 Å². The van der Waals surface area contributed by atoms with Crippen molar-refractivity contribution < 1.29 is 9.00 Å². The predicted octanol–water partition coefficient (Wildman–Crippen LogP) is 1.90. The molecule has 0 spiro atoms. The highest BCUT2D eigenvalue weighted by Gasteiger charge is 2.41. The maximum atomic E-state index is 12.6. The van der Waals surface area contributed by atoms with Gasteiger partial charge in [0.2, 0.25) is 0 Å². The monoisotopic (exact) mass is 348 g/mol. The third kappa shape index (κ3) is 3.99. The van der Waals surface area contributed by atoms with Gasteiger partial charge in [-0.2, -0.15) is 11.8 Å². The van der Waals surface area contributed by atoms with E-state index in [2.05, 4.69) is 5.32 Å². The highest BCUT2D eigenvalue weighted by atomic mass is 32.2. The quantitative estimate of drug-likeness (QED) is 0.743. The molecule has 0 aromatic rings. The number of thioether (sulfide) groups is 1. The minimum Gasteiger partial charge on any atom is -0.350 e. The first-order chi connectivity index (χ1) is 10.1. The Kier molecular flexibility index (Phi) is 6.50. The van der Waals surface area contributed by atoms with Gasteiger partial charge >= 0.3 is 0 Å². The molecule has 2 fully saturated rings. The van der Waals surface area contributed by atoms with Gasteiger partial charge < -0.3 is 5.32 Å². The highest BCUT2D eigenvalue weighted by molar-refractivity contribution is 7.98. The maximum Gasteiger partial charge on any atom is 0.251 e. The lowest BCUT2D eigenvalue weighted by Gasteiger charge is -2.34. The fourth-order valence-electron chi connectivity index (χ4n) is 3.15. The van der Waals surface area contributed by atoms with E-state index in [1.165, 1.54) is 0 Å². The van der Waals surface area contributed by atoms with Crippen molar-refractivity contribution in [3.63, 3.8) is 0 Å². The summed E-state index contributed by atoms with van der Waals surface area (Å²) in [6.07, 6.45) is 6.69. The van der Waals surface area contributed by atoms with Crippen LogP contribution in [0.15, 0.2) is 0 Å². The minimum atomic E-state index is -0.775. The molecule has 1 heterocycles. The van der Waals surface area contributed by atoms with Crippen LogP contribution in [0.4, 0.5) is 0 Å². The van der Waals surface area contributed by atoms with E-state index in [9.17, 15) is 9.00 Å². The van der Waals surface area contributed by atoms with Gasteiger partial charge in [-0.3, -0.25) is 13.9 Å². The summed E-state index contributed by atoms with van der Waals surface area (Å²) in [6.45, 7) is 1.96. The summed E-state index contributed by atoms with van der Waals surface area (Å²) in [5.74, 6) is 1.76. The molecule has 2 rings (SSSR count). The molecule has 0 radical (unpaired) electrons. The second-order valence-electron chi connectivity index (χ2n) is 5.60. The summed E-state index contributed by atoms with van der Waals surface area (Å²) in [6, 6.07) is -0.0342. The topological polar surface area (TPSA) is 49.4 Å². The largest absolute Gasteiger partial charge is 0.350 e. The lowest BCUT2D eigenvalue weighted by Crippen LogP contribution is -2.45. The van der Waals surface area contributed by atoms with E-state index in [0.717, 1.165) is 37.9 Å². The Morgan fingerprint density at radius 1 is 1.48 bits per heavy atom. The van der Waals surface area contributed by atoms with Crippen molar-refractivity contribution >= 4 is 45.8 Å². The molecular formula is C14H24N2O2S3. The molecular weight excluding hydrogens is 324 g/mol. The van der Waals surface area contributed by atoms with Gasteiger partial charge in [-0.25, -0.2) is 0 Å². The maximum absolute atomic E-state index is 12.6. The molecule has 7 heteroatoms. The first-order valence-electron chi connectivity index (χ1n) is 7.58. The van der Waals surface area contributed by atoms with Gasteiger partial charge in [0.05, 0.1) is 0 Å². The molecule has 0 aromatic heterocycles. The summed E-state index contributed by atoms with van der Waals surface area (Å²) < 4.78 is 12.1. The molecule has 1 N–H and O–H groups in total. The Bertz CT molecular complexity index is 430. The zero-order valence-electron chi connectivity index (χ0n) is 12.7. The lowest BCUT2D eigenvalue weighted by atomic mass is 9.93. The lowest BCUT2D eigenvalue weighted by molar-refractivity contribution is -0.129. The summed E-state index contributed by atoms with van der Waals surface area (Å²) in [5.41, 5.74) is 0. The van der Waals surface area contributed by atoms with Crippen LogP contribution in [0.5, 0.6) is 0 Å². The van der Waals surface area contributed by atoms with Crippen LogP contribution in [-0.2, 0) is 15.6 Å².